The number of rotatable bonds is 5. The van der Waals surface area contributed by atoms with Gasteiger partial charge in [-0.2, -0.15) is 0 Å². The first-order valence-electron chi connectivity index (χ1n) is 9.68. The molecule has 0 aromatic heterocycles. The lowest BCUT2D eigenvalue weighted by Gasteiger charge is -2.23. The Hall–Kier alpha value is -2.74. The third kappa shape index (κ3) is 4.64. The maximum absolute atomic E-state index is 12.9. The Morgan fingerprint density at radius 2 is 1.93 bits per heavy atom. The second kappa shape index (κ2) is 8.73. The standard InChI is InChI=1S/C21H25N3O4S/c1-12-11-15(20(27)28-12)9-10-17(25)22-21(29)23-18-13(2)14(3)24(19(18)26)16-7-5-4-6-8-16/h4-8,12,14-15H,9-11H2,1-3H3,(H2,22,23,25,29). The molecule has 1 aromatic rings. The summed E-state index contributed by atoms with van der Waals surface area (Å²) in [6.07, 6.45) is 1.10. The Kier molecular flexibility index (Phi) is 6.32. The Labute approximate surface area is 175 Å². The number of carbonyl (C=O) groups is 3. The molecule has 0 saturated carbocycles. The van der Waals surface area contributed by atoms with Gasteiger partial charge >= 0.3 is 5.97 Å². The van der Waals surface area contributed by atoms with Crippen molar-refractivity contribution in [2.24, 2.45) is 5.92 Å². The van der Waals surface area contributed by atoms with Crippen LogP contribution in [0.5, 0.6) is 0 Å². The van der Waals surface area contributed by atoms with E-state index in [0.29, 0.717) is 18.5 Å². The van der Waals surface area contributed by atoms with Gasteiger partial charge in [0.15, 0.2) is 5.11 Å². The number of ether oxygens (including phenoxy) is 1. The monoisotopic (exact) mass is 415 g/mol. The first-order chi connectivity index (χ1) is 13.8. The van der Waals surface area contributed by atoms with Gasteiger partial charge < -0.3 is 20.3 Å². The Morgan fingerprint density at radius 3 is 2.55 bits per heavy atom. The molecule has 7 nitrogen and oxygen atoms in total. The van der Waals surface area contributed by atoms with Crippen molar-refractivity contribution in [3.05, 3.63) is 41.6 Å². The molecule has 3 unspecified atom stereocenters. The molecule has 3 rings (SSSR count). The zero-order chi connectivity index (χ0) is 21.1. The number of thiocarbonyl (C=S) groups is 1. The lowest BCUT2D eigenvalue weighted by molar-refractivity contribution is -0.144. The SMILES string of the molecule is CC1=C(NC(=S)NC(=O)CCC2CC(C)OC2=O)C(=O)N(c2ccccc2)C1C. The summed E-state index contributed by atoms with van der Waals surface area (Å²) in [5, 5.41) is 5.54. The van der Waals surface area contributed by atoms with E-state index in [1.807, 2.05) is 51.1 Å². The van der Waals surface area contributed by atoms with E-state index in [9.17, 15) is 14.4 Å². The van der Waals surface area contributed by atoms with Gasteiger partial charge in [0.2, 0.25) is 5.91 Å². The van der Waals surface area contributed by atoms with E-state index in [1.54, 1.807) is 4.90 Å². The van der Waals surface area contributed by atoms with Gasteiger partial charge in [0, 0.05) is 12.1 Å². The average molecular weight is 416 g/mol. The van der Waals surface area contributed by atoms with Crippen molar-refractivity contribution < 1.29 is 19.1 Å². The first-order valence-corrected chi connectivity index (χ1v) is 10.1. The third-order valence-corrected chi connectivity index (χ3v) is 5.56. The number of esters is 1. The molecule has 2 heterocycles. The molecule has 154 valence electrons. The predicted molar refractivity (Wildman–Crippen MR) is 113 cm³/mol. The fourth-order valence-corrected chi connectivity index (χ4v) is 3.88. The molecule has 8 heteroatoms. The van der Waals surface area contributed by atoms with Crippen LogP contribution in [0.4, 0.5) is 5.69 Å². The van der Waals surface area contributed by atoms with E-state index in [2.05, 4.69) is 10.6 Å². The minimum Gasteiger partial charge on any atom is -0.462 e. The van der Waals surface area contributed by atoms with Crippen LogP contribution in [0, 0.1) is 5.92 Å². The van der Waals surface area contributed by atoms with Crippen molar-refractivity contribution in [2.45, 2.75) is 52.2 Å². The maximum atomic E-state index is 12.9. The molecule has 29 heavy (non-hydrogen) atoms. The molecule has 2 aliphatic heterocycles. The summed E-state index contributed by atoms with van der Waals surface area (Å²) >= 11 is 5.22. The summed E-state index contributed by atoms with van der Waals surface area (Å²) in [5.41, 5.74) is 2.02. The number of carbonyl (C=O) groups excluding carboxylic acids is 3. The van der Waals surface area contributed by atoms with Crippen LogP contribution in [0.15, 0.2) is 41.6 Å². The zero-order valence-electron chi connectivity index (χ0n) is 16.7. The van der Waals surface area contributed by atoms with Gasteiger partial charge in [-0.25, -0.2) is 0 Å². The molecule has 2 N–H and O–H groups in total. The van der Waals surface area contributed by atoms with Crippen molar-refractivity contribution in [1.29, 1.82) is 0 Å². The third-order valence-electron chi connectivity index (χ3n) is 5.35. The van der Waals surface area contributed by atoms with Gasteiger partial charge in [0.25, 0.3) is 5.91 Å². The highest BCUT2D eigenvalue weighted by molar-refractivity contribution is 7.80. The fourth-order valence-electron chi connectivity index (χ4n) is 3.66. The molecule has 0 spiro atoms. The van der Waals surface area contributed by atoms with E-state index in [0.717, 1.165) is 11.3 Å². The summed E-state index contributed by atoms with van der Waals surface area (Å²) < 4.78 is 5.10. The van der Waals surface area contributed by atoms with Gasteiger partial charge in [-0.1, -0.05) is 18.2 Å². The van der Waals surface area contributed by atoms with Crippen LogP contribution in [0.1, 0.15) is 40.0 Å². The quantitative estimate of drug-likeness (QED) is 0.567. The smallest absolute Gasteiger partial charge is 0.309 e. The molecule has 2 amide bonds. The second-order valence-electron chi connectivity index (χ2n) is 7.47. The minimum absolute atomic E-state index is 0.0715. The fraction of sp³-hybridized carbons (Fsp3) is 0.429. The van der Waals surface area contributed by atoms with Crippen molar-refractivity contribution in [3.8, 4) is 0 Å². The van der Waals surface area contributed by atoms with E-state index in [-0.39, 0.29) is 47.4 Å². The van der Waals surface area contributed by atoms with Crippen molar-refractivity contribution >= 4 is 40.8 Å². The number of cyclic esters (lactones) is 1. The maximum Gasteiger partial charge on any atom is 0.309 e. The number of nitrogens with zero attached hydrogens (tertiary/aromatic N) is 1. The number of benzene rings is 1. The lowest BCUT2D eigenvalue weighted by Crippen LogP contribution is -2.42. The van der Waals surface area contributed by atoms with Gasteiger partial charge in [-0.15, -0.1) is 0 Å². The number of hydrogen-bond acceptors (Lipinski definition) is 5. The van der Waals surface area contributed by atoms with Crippen LogP contribution < -0.4 is 15.5 Å². The predicted octanol–water partition coefficient (Wildman–Crippen LogP) is 2.42. The molecule has 3 atom stereocenters. The zero-order valence-corrected chi connectivity index (χ0v) is 17.5. The van der Waals surface area contributed by atoms with Gasteiger partial charge in [-0.05, 0) is 63.5 Å². The van der Waals surface area contributed by atoms with E-state index < -0.39 is 0 Å². The summed E-state index contributed by atoms with van der Waals surface area (Å²) in [5.74, 6) is -0.996. The number of anilines is 1. The van der Waals surface area contributed by atoms with E-state index in [4.69, 9.17) is 17.0 Å². The highest BCUT2D eigenvalue weighted by atomic mass is 32.1. The summed E-state index contributed by atoms with van der Waals surface area (Å²) in [7, 11) is 0. The number of nitrogens with one attached hydrogen (secondary N) is 2. The normalized spacial score (nSPS) is 24.0. The molecule has 2 aliphatic rings. The first kappa shape index (κ1) is 21.0. The average Bonchev–Trinajstić information content (AvgIpc) is 3.11. The van der Waals surface area contributed by atoms with Crippen molar-refractivity contribution in [2.75, 3.05) is 4.90 Å². The molecule has 0 radical (unpaired) electrons. The highest BCUT2D eigenvalue weighted by Gasteiger charge is 2.36. The molecule has 1 aromatic carbocycles. The van der Waals surface area contributed by atoms with Crippen LogP contribution in [0.3, 0.4) is 0 Å². The summed E-state index contributed by atoms with van der Waals surface area (Å²) in [4.78, 5) is 38.4. The van der Waals surface area contributed by atoms with Crippen molar-refractivity contribution in [1.82, 2.24) is 10.6 Å². The molecule has 0 bridgehead atoms. The number of hydrogen-bond donors (Lipinski definition) is 2. The van der Waals surface area contributed by atoms with E-state index in [1.165, 1.54) is 0 Å². The van der Waals surface area contributed by atoms with E-state index >= 15 is 0 Å². The second-order valence-corrected chi connectivity index (χ2v) is 7.87. The Morgan fingerprint density at radius 1 is 1.24 bits per heavy atom. The van der Waals surface area contributed by atoms with Crippen LogP contribution in [-0.2, 0) is 19.1 Å². The Balaban J connectivity index is 1.55. The molecular weight excluding hydrogens is 390 g/mol. The molecule has 0 aliphatic carbocycles. The molecule has 1 saturated heterocycles. The summed E-state index contributed by atoms with van der Waals surface area (Å²) in [6, 6.07) is 9.27. The Bertz CT molecular complexity index is 868. The molecular formula is C21H25N3O4S. The van der Waals surface area contributed by atoms with Crippen molar-refractivity contribution in [3.63, 3.8) is 0 Å². The minimum atomic E-state index is -0.300. The van der Waals surface area contributed by atoms with Crippen LogP contribution in [-0.4, -0.2) is 35.0 Å². The largest absolute Gasteiger partial charge is 0.462 e. The topological polar surface area (TPSA) is 87.7 Å². The van der Waals surface area contributed by atoms with Gasteiger partial charge in [0.05, 0.1) is 18.1 Å². The van der Waals surface area contributed by atoms with Crippen LogP contribution in [0.2, 0.25) is 0 Å². The summed E-state index contributed by atoms with van der Waals surface area (Å²) in [6.45, 7) is 5.65. The van der Waals surface area contributed by atoms with Crippen LogP contribution in [0.25, 0.3) is 0 Å². The number of para-hydroxylation sites is 1. The number of amides is 2. The highest BCUT2D eigenvalue weighted by Crippen LogP contribution is 2.29. The lowest BCUT2D eigenvalue weighted by atomic mass is 9.99. The van der Waals surface area contributed by atoms with Gasteiger partial charge in [-0.3, -0.25) is 14.4 Å². The van der Waals surface area contributed by atoms with Gasteiger partial charge in [0.1, 0.15) is 5.70 Å². The molecule has 1 fully saturated rings. The van der Waals surface area contributed by atoms with Crippen LogP contribution >= 0.6 is 12.2 Å².